The summed E-state index contributed by atoms with van der Waals surface area (Å²) in [5, 5.41) is 4.37. The number of rotatable bonds is 4. The lowest BCUT2D eigenvalue weighted by molar-refractivity contribution is -0.122. The van der Waals surface area contributed by atoms with E-state index in [-0.39, 0.29) is 0 Å². The molecule has 0 spiro atoms. The third-order valence-electron chi connectivity index (χ3n) is 3.45. The van der Waals surface area contributed by atoms with Crippen LogP contribution in [0.2, 0.25) is 0 Å². The van der Waals surface area contributed by atoms with Crippen molar-refractivity contribution < 1.29 is 4.79 Å². The SMILES string of the molecule is CCn1nc(C)cc1CC(=O)C1CCCC1. The van der Waals surface area contributed by atoms with E-state index < -0.39 is 0 Å². The molecular weight excluding hydrogens is 200 g/mol. The van der Waals surface area contributed by atoms with Gasteiger partial charge in [0.25, 0.3) is 0 Å². The van der Waals surface area contributed by atoms with Crippen LogP contribution in [0.15, 0.2) is 6.07 Å². The Morgan fingerprint density at radius 2 is 2.19 bits per heavy atom. The maximum absolute atomic E-state index is 12.1. The number of ketones is 1. The average Bonchev–Trinajstić information content (AvgIpc) is 2.87. The predicted molar refractivity (Wildman–Crippen MR) is 63.3 cm³/mol. The Kier molecular flexibility index (Phi) is 3.42. The Bertz CT molecular complexity index is 375. The molecule has 1 aromatic heterocycles. The molecule has 0 radical (unpaired) electrons. The zero-order valence-corrected chi connectivity index (χ0v) is 10.2. The summed E-state index contributed by atoms with van der Waals surface area (Å²) in [6.45, 7) is 4.90. The number of nitrogens with zero attached hydrogens (tertiary/aromatic N) is 2. The highest BCUT2D eigenvalue weighted by Gasteiger charge is 2.23. The second-order valence-electron chi connectivity index (χ2n) is 4.72. The van der Waals surface area contributed by atoms with E-state index in [0.29, 0.717) is 18.1 Å². The van der Waals surface area contributed by atoms with Gasteiger partial charge in [0.2, 0.25) is 0 Å². The van der Waals surface area contributed by atoms with Crippen LogP contribution in [0.1, 0.15) is 44.0 Å². The molecule has 3 nitrogen and oxygen atoms in total. The molecule has 1 aromatic rings. The fourth-order valence-corrected chi connectivity index (χ4v) is 2.59. The minimum Gasteiger partial charge on any atom is -0.299 e. The van der Waals surface area contributed by atoms with Crippen molar-refractivity contribution in [3.63, 3.8) is 0 Å². The molecule has 0 saturated heterocycles. The highest BCUT2D eigenvalue weighted by Crippen LogP contribution is 2.26. The Morgan fingerprint density at radius 3 is 2.81 bits per heavy atom. The predicted octanol–water partition coefficient (Wildman–Crippen LogP) is 2.51. The van der Waals surface area contributed by atoms with Crippen LogP contribution >= 0.6 is 0 Å². The molecule has 1 saturated carbocycles. The van der Waals surface area contributed by atoms with E-state index in [2.05, 4.69) is 12.0 Å². The van der Waals surface area contributed by atoms with E-state index in [0.717, 1.165) is 30.8 Å². The first-order chi connectivity index (χ1) is 7.70. The van der Waals surface area contributed by atoms with E-state index in [1.54, 1.807) is 0 Å². The zero-order chi connectivity index (χ0) is 11.5. The highest BCUT2D eigenvalue weighted by atomic mass is 16.1. The molecule has 1 fully saturated rings. The molecule has 1 aliphatic rings. The van der Waals surface area contributed by atoms with Crippen LogP contribution in [0.3, 0.4) is 0 Å². The number of Topliss-reactive ketones (excluding diaryl/α,β-unsaturated/α-hetero) is 1. The van der Waals surface area contributed by atoms with Crippen molar-refractivity contribution >= 4 is 5.78 Å². The first-order valence-corrected chi connectivity index (χ1v) is 6.26. The van der Waals surface area contributed by atoms with Crippen molar-refractivity contribution in [1.29, 1.82) is 0 Å². The topological polar surface area (TPSA) is 34.9 Å². The molecule has 88 valence electrons. The normalized spacial score (nSPS) is 16.9. The molecule has 0 amide bonds. The lowest BCUT2D eigenvalue weighted by atomic mass is 9.99. The summed E-state index contributed by atoms with van der Waals surface area (Å²) in [5.74, 6) is 0.729. The van der Waals surface area contributed by atoms with Crippen LogP contribution in [0.5, 0.6) is 0 Å². The van der Waals surface area contributed by atoms with Gasteiger partial charge in [0, 0.05) is 24.6 Å². The molecule has 0 aromatic carbocycles. The van der Waals surface area contributed by atoms with Crippen molar-refractivity contribution in [2.75, 3.05) is 0 Å². The Morgan fingerprint density at radius 1 is 1.50 bits per heavy atom. The summed E-state index contributed by atoms with van der Waals surface area (Å²) >= 11 is 0. The lowest BCUT2D eigenvalue weighted by Gasteiger charge is -2.08. The lowest BCUT2D eigenvalue weighted by Crippen LogP contribution is -2.16. The van der Waals surface area contributed by atoms with Crippen LogP contribution in [-0.2, 0) is 17.8 Å². The van der Waals surface area contributed by atoms with Crippen LogP contribution in [0.4, 0.5) is 0 Å². The summed E-state index contributed by atoms with van der Waals surface area (Å²) in [6, 6.07) is 2.04. The van der Waals surface area contributed by atoms with Crippen LogP contribution in [0, 0.1) is 12.8 Å². The van der Waals surface area contributed by atoms with Gasteiger partial charge < -0.3 is 0 Å². The second kappa shape index (κ2) is 4.81. The molecule has 0 unspecified atom stereocenters. The number of carbonyl (C=O) groups excluding carboxylic acids is 1. The molecule has 0 atom stereocenters. The number of hydrogen-bond donors (Lipinski definition) is 0. The van der Waals surface area contributed by atoms with Gasteiger partial charge in [-0.3, -0.25) is 9.48 Å². The maximum Gasteiger partial charge on any atom is 0.141 e. The summed E-state index contributed by atoms with van der Waals surface area (Å²) in [6.07, 6.45) is 5.21. The van der Waals surface area contributed by atoms with Crippen molar-refractivity contribution in [2.45, 2.75) is 52.5 Å². The summed E-state index contributed by atoms with van der Waals surface area (Å²) in [4.78, 5) is 12.1. The third kappa shape index (κ3) is 2.34. The third-order valence-corrected chi connectivity index (χ3v) is 3.45. The van der Waals surface area contributed by atoms with Gasteiger partial charge in [-0.15, -0.1) is 0 Å². The van der Waals surface area contributed by atoms with E-state index >= 15 is 0 Å². The smallest absolute Gasteiger partial charge is 0.141 e. The summed E-state index contributed by atoms with van der Waals surface area (Å²) in [5.41, 5.74) is 2.09. The highest BCUT2D eigenvalue weighted by molar-refractivity contribution is 5.83. The molecule has 3 heteroatoms. The Labute approximate surface area is 96.8 Å². The number of aromatic nitrogens is 2. The fourth-order valence-electron chi connectivity index (χ4n) is 2.59. The number of aryl methyl sites for hydroxylation is 2. The van der Waals surface area contributed by atoms with Gasteiger partial charge in [0.1, 0.15) is 5.78 Å². The molecule has 16 heavy (non-hydrogen) atoms. The Hall–Kier alpha value is -1.12. The summed E-state index contributed by atoms with van der Waals surface area (Å²) < 4.78 is 1.95. The van der Waals surface area contributed by atoms with Crippen LogP contribution < -0.4 is 0 Å². The minimum absolute atomic E-state index is 0.320. The van der Waals surface area contributed by atoms with Crippen molar-refractivity contribution in [3.05, 3.63) is 17.5 Å². The molecule has 0 bridgehead atoms. The average molecular weight is 220 g/mol. The van der Waals surface area contributed by atoms with Crippen LogP contribution in [0.25, 0.3) is 0 Å². The monoisotopic (exact) mass is 220 g/mol. The first-order valence-electron chi connectivity index (χ1n) is 6.26. The van der Waals surface area contributed by atoms with Gasteiger partial charge in [-0.1, -0.05) is 12.8 Å². The number of carbonyl (C=O) groups is 1. The van der Waals surface area contributed by atoms with E-state index in [1.807, 2.05) is 17.7 Å². The van der Waals surface area contributed by atoms with E-state index in [1.165, 1.54) is 12.8 Å². The zero-order valence-electron chi connectivity index (χ0n) is 10.2. The molecule has 0 N–H and O–H groups in total. The maximum atomic E-state index is 12.1. The Balaban J connectivity index is 2.04. The van der Waals surface area contributed by atoms with Gasteiger partial charge in [-0.25, -0.2) is 0 Å². The molecule has 2 rings (SSSR count). The summed E-state index contributed by atoms with van der Waals surface area (Å²) in [7, 11) is 0. The molecule has 0 aliphatic heterocycles. The van der Waals surface area contributed by atoms with Crippen molar-refractivity contribution in [2.24, 2.45) is 5.92 Å². The minimum atomic E-state index is 0.320. The van der Waals surface area contributed by atoms with Crippen LogP contribution in [-0.4, -0.2) is 15.6 Å². The van der Waals surface area contributed by atoms with Gasteiger partial charge >= 0.3 is 0 Å². The first kappa shape index (κ1) is 11.4. The van der Waals surface area contributed by atoms with Gasteiger partial charge in [-0.2, -0.15) is 5.10 Å². The van der Waals surface area contributed by atoms with Gasteiger partial charge in [-0.05, 0) is 32.8 Å². The molecular formula is C13H20N2O. The molecule has 1 aliphatic carbocycles. The van der Waals surface area contributed by atoms with Gasteiger partial charge in [0.05, 0.1) is 5.69 Å². The second-order valence-corrected chi connectivity index (χ2v) is 4.72. The van der Waals surface area contributed by atoms with Gasteiger partial charge in [0.15, 0.2) is 0 Å². The number of hydrogen-bond acceptors (Lipinski definition) is 2. The quantitative estimate of drug-likeness (QED) is 0.781. The van der Waals surface area contributed by atoms with E-state index in [4.69, 9.17) is 0 Å². The molecule has 1 heterocycles. The van der Waals surface area contributed by atoms with Crippen molar-refractivity contribution in [3.8, 4) is 0 Å². The largest absolute Gasteiger partial charge is 0.299 e. The standard InChI is InChI=1S/C13H20N2O/c1-3-15-12(8-10(2)14-15)9-13(16)11-6-4-5-7-11/h8,11H,3-7,9H2,1-2H3. The fraction of sp³-hybridized carbons (Fsp3) is 0.692. The van der Waals surface area contributed by atoms with Crippen molar-refractivity contribution in [1.82, 2.24) is 9.78 Å². The van der Waals surface area contributed by atoms with E-state index in [9.17, 15) is 4.79 Å².